The van der Waals surface area contributed by atoms with E-state index in [9.17, 15) is 19.1 Å². The quantitative estimate of drug-likeness (QED) is 0.208. The minimum Gasteiger partial charge on any atom is -0.457 e. The van der Waals surface area contributed by atoms with E-state index >= 15 is 0 Å². The molecule has 4 rings (SSSR count). The summed E-state index contributed by atoms with van der Waals surface area (Å²) in [5, 5.41) is 11.1. The Labute approximate surface area is 248 Å². The van der Waals surface area contributed by atoms with Gasteiger partial charge in [-0.2, -0.15) is 0 Å². The van der Waals surface area contributed by atoms with Crippen molar-refractivity contribution < 1.29 is 28.6 Å². The molecule has 1 saturated heterocycles. The van der Waals surface area contributed by atoms with Gasteiger partial charge in [-0.05, 0) is 97.8 Å². The molecule has 3 aromatic rings. The lowest BCUT2D eigenvalue weighted by atomic mass is 9.81. The Hall–Kier alpha value is -3.71. The average Bonchev–Trinajstić information content (AvgIpc) is 2.98. The molecule has 3 aromatic carbocycles. The number of aliphatic hydroxyl groups is 1. The Morgan fingerprint density at radius 2 is 1.40 bits per heavy atom. The monoisotopic (exact) mass is 575 g/mol. The van der Waals surface area contributed by atoms with Crippen LogP contribution in [0.3, 0.4) is 0 Å². The number of nitrogens with zero attached hydrogens (tertiary/aromatic N) is 1. The molecule has 0 unspecified atom stereocenters. The van der Waals surface area contributed by atoms with Gasteiger partial charge in [0.2, 0.25) is 5.91 Å². The van der Waals surface area contributed by atoms with Crippen molar-refractivity contribution in [2.45, 2.75) is 77.7 Å². The van der Waals surface area contributed by atoms with Crippen LogP contribution in [-0.4, -0.2) is 40.4 Å². The summed E-state index contributed by atoms with van der Waals surface area (Å²) >= 11 is 0. The largest absolute Gasteiger partial charge is 0.457 e. The van der Waals surface area contributed by atoms with Gasteiger partial charge in [0.25, 0.3) is 0 Å². The van der Waals surface area contributed by atoms with Crippen LogP contribution in [0.15, 0.2) is 66.7 Å². The van der Waals surface area contributed by atoms with Crippen molar-refractivity contribution in [2.24, 2.45) is 5.92 Å². The van der Waals surface area contributed by atoms with E-state index < -0.39 is 5.60 Å². The maximum Gasteiger partial charge on any atom is 0.226 e. The first-order valence-corrected chi connectivity index (χ1v) is 15.1. The van der Waals surface area contributed by atoms with E-state index in [1.54, 1.807) is 42.5 Å². The first-order valence-electron chi connectivity index (χ1n) is 15.1. The third-order valence-electron chi connectivity index (χ3n) is 8.10. The van der Waals surface area contributed by atoms with E-state index in [1.165, 1.54) is 24.3 Å². The molecular weight excluding hydrogens is 533 g/mol. The number of hydrogen-bond acceptors (Lipinski definition) is 5. The summed E-state index contributed by atoms with van der Waals surface area (Å²) in [6.45, 7) is 7.33. The molecule has 0 aliphatic carbocycles. The minimum absolute atomic E-state index is 0.0248. The molecule has 1 fully saturated rings. The molecule has 0 bridgehead atoms. The lowest BCUT2D eigenvalue weighted by Gasteiger charge is -2.40. The predicted octanol–water partition coefficient (Wildman–Crippen LogP) is 8.12. The van der Waals surface area contributed by atoms with Crippen molar-refractivity contribution in [3.05, 3.63) is 83.7 Å². The number of hydrogen-bond donors (Lipinski definition) is 1. The van der Waals surface area contributed by atoms with Crippen LogP contribution < -0.4 is 9.47 Å². The van der Waals surface area contributed by atoms with Gasteiger partial charge in [0, 0.05) is 31.1 Å². The Morgan fingerprint density at radius 3 is 1.93 bits per heavy atom. The Balaban J connectivity index is 1.49. The second-order valence-corrected chi connectivity index (χ2v) is 11.3. The number of ketones is 1. The van der Waals surface area contributed by atoms with Crippen molar-refractivity contribution in [1.82, 2.24) is 4.90 Å². The Kier molecular flexibility index (Phi) is 10.7. The Bertz CT molecular complexity index is 1330. The fourth-order valence-electron chi connectivity index (χ4n) is 5.48. The molecule has 0 radical (unpaired) electrons. The van der Waals surface area contributed by atoms with Gasteiger partial charge in [-0.1, -0.05) is 33.6 Å². The van der Waals surface area contributed by atoms with Crippen molar-refractivity contribution in [3.63, 3.8) is 0 Å². The summed E-state index contributed by atoms with van der Waals surface area (Å²) < 4.78 is 25.5. The van der Waals surface area contributed by atoms with E-state index in [4.69, 9.17) is 9.47 Å². The molecule has 1 aliphatic heterocycles. The highest BCUT2D eigenvalue weighted by atomic mass is 19.1. The molecule has 7 heteroatoms. The smallest absolute Gasteiger partial charge is 0.226 e. The van der Waals surface area contributed by atoms with Crippen LogP contribution in [0.2, 0.25) is 0 Å². The number of carbonyl (C=O) groups excluding carboxylic acids is 2. The van der Waals surface area contributed by atoms with Crippen LogP contribution in [0.1, 0.15) is 81.6 Å². The lowest BCUT2D eigenvalue weighted by Crippen LogP contribution is -2.47. The molecule has 1 heterocycles. The normalized spacial score (nSPS) is 14.6. The molecule has 0 atom stereocenters. The zero-order valence-electron chi connectivity index (χ0n) is 24.9. The van der Waals surface area contributed by atoms with Crippen molar-refractivity contribution in [2.75, 3.05) is 13.1 Å². The van der Waals surface area contributed by atoms with E-state index in [1.807, 2.05) is 11.8 Å². The van der Waals surface area contributed by atoms with Gasteiger partial charge in [-0.15, -0.1) is 0 Å². The first kappa shape index (κ1) is 31.2. The van der Waals surface area contributed by atoms with Crippen LogP contribution in [0.25, 0.3) is 0 Å². The van der Waals surface area contributed by atoms with Gasteiger partial charge < -0.3 is 19.5 Å². The number of amides is 1. The average molecular weight is 576 g/mol. The number of piperidine rings is 1. The zero-order chi connectivity index (χ0) is 30.1. The molecule has 1 aliphatic rings. The van der Waals surface area contributed by atoms with Crippen LogP contribution in [0.5, 0.6) is 23.0 Å². The summed E-state index contributed by atoms with van der Waals surface area (Å²) in [6.07, 6.45) is 5.45. The van der Waals surface area contributed by atoms with E-state index in [0.717, 1.165) is 25.7 Å². The Morgan fingerprint density at radius 1 is 0.857 bits per heavy atom. The number of Topliss-reactive ketones (excluding diaryl/α,β-unsaturated/α-hetero) is 1. The molecule has 0 spiro atoms. The number of likely N-dealkylation sites (tertiary alicyclic amines) is 1. The van der Waals surface area contributed by atoms with Gasteiger partial charge in [0.1, 0.15) is 28.8 Å². The number of carbonyl (C=O) groups is 2. The van der Waals surface area contributed by atoms with Crippen molar-refractivity contribution in [1.29, 1.82) is 0 Å². The summed E-state index contributed by atoms with van der Waals surface area (Å²) in [7, 11) is 0. The third-order valence-corrected chi connectivity index (χ3v) is 8.10. The maximum absolute atomic E-state index is 13.4. The second kappa shape index (κ2) is 14.5. The molecule has 42 heavy (non-hydrogen) atoms. The molecule has 224 valence electrons. The molecule has 1 amide bonds. The molecule has 0 saturated carbocycles. The van der Waals surface area contributed by atoms with Crippen LogP contribution in [0, 0.1) is 11.7 Å². The molecular formula is C35H42FNO5. The van der Waals surface area contributed by atoms with Gasteiger partial charge in [0.15, 0.2) is 5.78 Å². The van der Waals surface area contributed by atoms with E-state index in [-0.39, 0.29) is 23.9 Å². The summed E-state index contributed by atoms with van der Waals surface area (Å²) in [5.74, 6) is 2.13. The summed E-state index contributed by atoms with van der Waals surface area (Å²) in [5.41, 5.74) is 0.633. The van der Waals surface area contributed by atoms with Crippen LogP contribution >= 0.6 is 0 Å². The molecule has 1 N–H and O–H groups in total. The van der Waals surface area contributed by atoms with Gasteiger partial charge in [-0.25, -0.2) is 4.39 Å². The highest BCUT2D eigenvalue weighted by Crippen LogP contribution is 2.33. The number of rotatable bonds is 13. The topological polar surface area (TPSA) is 76.1 Å². The van der Waals surface area contributed by atoms with Gasteiger partial charge >= 0.3 is 0 Å². The van der Waals surface area contributed by atoms with Crippen molar-refractivity contribution in [3.8, 4) is 23.0 Å². The molecule has 0 aromatic heterocycles. The SMILES string of the molecule is CCCC(=O)c1ccc(Oc2cc(CC(=O)N3CCC(O)(CC(CC)CC)CC3)cc(Oc3ccc(F)cc3)c2)cc1. The zero-order valence-corrected chi connectivity index (χ0v) is 24.9. The highest BCUT2D eigenvalue weighted by Gasteiger charge is 2.35. The number of benzene rings is 3. The third kappa shape index (κ3) is 8.65. The lowest BCUT2D eigenvalue weighted by molar-refractivity contribution is -0.135. The van der Waals surface area contributed by atoms with E-state index in [2.05, 4.69) is 13.8 Å². The highest BCUT2D eigenvalue weighted by molar-refractivity contribution is 5.96. The summed E-state index contributed by atoms with van der Waals surface area (Å²) in [4.78, 5) is 27.4. The summed E-state index contributed by atoms with van der Waals surface area (Å²) in [6, 6.07) is 18.0. The molecule has 6 nitrogen and oxygen atoms in total. The van der Waals surface area contributed by atoms with Crippen LogP contribution in [0.4, 0.5) is 4.39 Å². The fraction of sp³-hybridized carbons (Fsp3) is 0.429. The number of halogens is 1. The van der Waals surface area contributed by atoms with Crippen LogP contribution in [-0.2, 0) is 11.2 Å². The van der Waals surface area contributed by atoms with Gasteiger partial charge in [-0.3, -0.25) is 9.59 Å². The maximum atomic E-state index is 13.4. The first-order chi connectivity index (χ1) is 20.2. The predicted molar refractivity (Wildman–Crippen MR) is 162 cm³/mol. The van der Waals surface area contributed by atoms with Gasteiger partial charge in [0.05, 0.1) is 12.0 Å². The minimum atomic E-state index is -0.714. The standard InChI is InChI=1S/C35H42FNO5/c1-4-7-33(38)27-8-12-29(13-9-27)41-31-20-26(21-32(23-31)42-30-14-10-28(36)11-15-30)22-34(39)37-18-16-35(40,17-19-37)24-25(5-2)6-3/h8-15,20-21,23,25,40H,4-7,16-19,22,24H2,1-3H3. The second-order valence-electron chi connectivity index (χ2n) is 11.3. The number of ether oxygens (including phenoxy) is 2. The van der Waals surface area contributed by atoms with E-state index in [0.29, 0.717) is 72.4 Å². The fourth-order valence-corrected chi connectivity index (χ4v) is 5.48. The van der Waals surface area contributed by atoms with Crippen molar-refractivity contribution >= 4 is 11.7 Å².